The molecule has 168 valence electrons. The smallest absolute Gasteiger partial charge is 0.254 e. The van der Waals surface area contributed by atoms with Gasteiger partial charge in [0, 0.05) is 44.0 Å². The Hall–Kier alpha value is -3.24. The van der Waals surface area contributed by atoms with E-state index in [1.165, 1.54) is 6.07 Å². The number of halogens is 1. The molecule has 0 radical (unpaired) electrons. The van der Waals surface area contributed by atoms with Crippen LogP contribution in [0.4, 0.5) is 10.1 Å². The highest BCUT2D eigenvalue weighted by molar-refractivity contribution is 5.95. The third-order valence-corrected chi connectivity index (χ3v) is 5.70. The number of hydrogen-bond acceptors (Lipinski definition) is 4. The zero-order chi connectivity index (χ0) is 23.3. The monoisotopic (exact) mass is 436 g/mol. The summed E-state index contributed by atoms with van der Waals surface area (Å²) < 4.78 is 13.8. The summed E-state index contributed by atoms with van der Waals surface area (Å²) in [6, 6.07) is 12.6. The van der Waals surface area contributed by atoms with E-state index in [1.54, 1.807) is 28.9 Å². The van der Waals surface area contributed by atoms with Crippen LogP contribution >= 0.6 is 0 Å². The number of rotatable bonds is 6. The summed E-state index contributed by atoms with van der Waals surface area (Å²) in [6.45, 7) is 8.27. The SMILES string of the molecule is Cc1cc(C)cc(N(CCC#N)C(=O)CN2CCN(C(=O)c3ccc(C)c(F)c3)CC2)c1. The van der Waals surface area contributed by atoms with E-state index >= 15 is 0 Å². The number of aryl methyl sites for hydroxylation is 3. The van der Waals surface area contributed by atoms with E-state index in [2.05, 4.69) is 6.07 Å². The molecule has 6 nitrogen and oxygen atoms in total. The zero-order valence-corrected chi connectivity index (χ0v) is 18.9. The van der Waals surface area contributed by atoms with E-state index in [1.807, 2.05) is 36.9 Å². The molecule has 1 fully saturated rings. The zero-order valence-electron chi connectivity index (χ0n) is 18.9. The van der Waals surface area contributed by atoms with Gasteiger partial charge in [0.25, 0.3) is 5.91 Å². The lowest BCUT2D eigenvalue weighted by Crippen LogP contribution is -2.51. The molecule has 0 aromatic heterocycles. The minimum Gasteiger partial charge on any atom is -0.336 e. The predicted octanol–water partition coefficient (Wildman–Crippen LogP) is 3.46. The van der Waals surface area contributed by atoms with Crippen LogP contribution < -0.4 is 4.90 Å². The van der Waals surface area contributed by atoms with E-state index in [-0.39, 0.29) is 30.6 Å². The van der Waals surface area contributed by atoms with Crippen LogP contribution in [0, 0.1) is 37.9 Å². The van der Waals surface area contributed by atoms with Crippen molar-refractivity contribution in [2.24, 2.45) is 0 Å². The van der Waals surface area contributed by atoms with E-state index < -0.39 is 0 Å². The molecule has 1 heterocycles. The molecule has 3 rings (SSSR count). The summed E-state index contributed by atoms with van der Waals surface area (Å²) in [5.74, 6) is -0.643. The van der Waals surface area contributed by atoms with Crippen molar-refractivity contribution in [3.63, 3.8) is 0 Å². The van der Waals surface area contributed by atoms with E-state index in [9.17, 15) is 14.0 Å². The van der Waals surface area contributed by atoms with Crippen molar-refractivity contribution in [2.75, 3.05) is 44.2 Å². The fourth-order valence-corrected chi connectivity index (χ4v) is 3.96. The number of benzene rings is 2. The van der Waals surface area contributed by atoms with Crippen LogP contribution in [0.2, 0.25) is 0 Å². The summed E-state index contributed by atoms with van der Waals surface area (Å²) in [5, 5.41) is 9.02. The van der Waals surface area contributed by atoms with Gasteiger partial charge in [-0.3, -0.25) is 14.5 Å². The first kappa shape index (κ1) is 23.4. The standard InChI is InChI=1S/C25H29FN4O2/c1-18-13-19(2)15-22(14-18)30(8-4-7-27)24(31)17-28-9-11-29(12-10-28)25(32)21-6-5-20(3)23(26)16-21/h5-6,13-16H,4,8-12,17H2,1-3H3. The molecule has 0 unspecified atom stereocenters. The van der Waals surface area contributed by atoms with Gasteiger partial charge >= 0.3 is 0 Å². The first-order valence-electron chi connectivity index (χ1n) is 10.8. The van der Waals surface area contributed by atoms with Gasteiger partial charge in [0.05, 0.1) is 19.0 Å². The second kappa shape index (κ2) is 10.4. The number of carbonyl (C=O) groups is 2. The number of anilines is 1. The maximum Gasteiger partial charge on any atom is 0.254 e. The van der Waals surface area contributed by atoms with Crippen molar-refractivity contribution in [2.45, 2.75) is 27.2 Å². The fourth-order valence-electron chi connectivity index (χ4n) is 3.96. The number of piperazine rings is 1. The molecule has 32 heavy (non-hydrogen) atoms. The molecule has 2 aromatic rings. The molecule has 0 bridgehead atoms. The molecule has 1 aliphatic heterocycles. The van der Waals surface area contributed by atoms with Gasteiger partial charge in [-0.15, -0.1) is 0 Å². The lowest BCUT2D eigenvalue weighted by molar-refractivity contribution is -0.120. The molecule has 0 N–H and O–H groups in total. The second-order valence-electron chi connectivity index (χ2n) is 8.33. The predicted molar refractivity (Wildman–Crippen MR) is 122 cm³/mol. The van der Waals surface area contributed by atoms with Gasteiger partial charge in [0.2, 0.25) is 5.91 Å². The second-order valence-corrected chi connectivity index (χ2v) is 8.33. The van der Waals surface area contributed by atoms with Crippen molar-refractivity contribution >= 4 is 17.5 Å². The van der Waals surface area contributed by atoms with E-state index in [4.69, 9.17) is 5.26 Å². The number of hydrogen-bond donors (Lipinski definition) is 0. The molecule has 0 saturated carbocycles. The molecule has 2 amide bonds. The molecular formula is C25H29FN4O2. The molecule has 1 saturated heterocycles. The Bertz CT molecular complexity index is 1020. The first-order valence-corrected chi connectivity index (χ1v) is 10.8. The van der Waals surface area contributed by atoms with Crippen molar-refractivity contribution in [1.29, 1.82) is 5.26 Å². The number of nitrogens with zero attached hydrogens (tertiary/aromatic N) is 4. The maximum absolute atomic E-state index is 13.8. The Balaban J connectivity index is 1.62. The third-order valence-electron chi connectivity index (χ3n) is 5.70. The van der Waals surface area contributed by atoms with Gasteiger partial charge in [0.15, 0.2) is 0 Å². The van der Waals surface area contributed by atoms with Crippen molar-refractivity contribution in [3.05, 3.63) is 64.5 Å². The van der Waals surface area contributed by atoms with Gasteiger partial charge in [-0.2, -0.15) is 5.26 Å². The normalized spacial score (nSPS) is 14.2. The molecule has 0 spiro atoms. The van der Waals surface area contributed by atoms with Gasteiger partial charge in [-0.05, 0) is 61.7 Å². The highest BCUT2D eigenvalue weighted by Crippen LogP contribution is 2.20. The van der Waals surface area contributed by atoms with E-state index in [0.29, 0.717) is 43.9 Å². The van der Waals surface area contributed by atoms with Crippen LogP contribution in [0.25, 0.3) is 0 Å². The largest absolute Gasteiger partial charge is 0.336 e. The van der Waals surface area contributed by atoms with Crippen molar-refractivity contribution in [1.82, 2.24) is 9.80 Å². The topological polar surface area (TPSA) is 67.7 Å². The Morgan fingerprint density at radius 3 is 2.28 bits per heavy atom. The highest BCUT2D eigenvalue weighted by atomic mass is 19.1. The van der Waals surface area contributed by atoms with Crippen LogP contribution in [0.15, 0.2) is 36.4 Å². The lowest BCUT2D eigenvalue weighted by atomic mass is 10.1. The summed E-state index contributed by atoms with van der Waals surface area (Å²) in [4.78, 5) is 31.2. The molecule has 7 heteroatoms. The van der Waals surface area contributed by atoms with Crippen LogP contribution in [0.1, 0.15) is 33.5 Å². The molecule has 2 aromatic carbocycles. The number of carbonyl (C=O) groups excluding carboxylic acids is 2. The molecular weight excluding hydrogens is 407 g/mol. The summed E-state index contributed by atoms with van der Waals surface area (Å²) in [6.07, 6.45) is 0.258. The Morgan fingerprint density at radius 2 is 1.69 bits per heavy atom. The van der Waals surface area contributed by atoms with E-state index in [0.717, 1.165) is 16.8 Å². The van der Waals surface area contributed by atoms with Crippen molar-refractivity contribution in [3.8, 4) is 6.07 Å². The first-order chi connectivity index (χ1) is 15.3. The average molecular weight is 437 g/mol. The van der Waals surface area contributed by atoms with Gasteiger partial charge in [-0.25, -0.2) is 4.39 Å². The summed E-state index contributed by atoms with van der Waals surface area (Å²) >= 11 is 0. The van der Waals surface area contributed by atoms with Gasteiger partial charge < -0.3 is 9.80 Å². The van der Waals surface area contributed by atoms with Crippen LogP contribution in [0.3, 0.4) is 0 Å². The average Bonchev–Trinajstić information content (AvgIpc) is 2.75. The van der Waals surface area contributed by atoms with Gasteiger partial charge in [0.1, 0.15) is 5.82 Å². The molecule has 0 aliphatic carbocycles. The lowest BCUT2D eigenvalue weighted by Gasteiger charge is -2.35. The van der Waals surface area contributed by atoms with Crippen molar-refractivity contribution < 1.29 is 14.0 Å². The fraction of sp³-hybridized carbons (Fsp3) is 0.400. The number of nitriles is 1. The molecule has 1 aliphatic rings. The minimum absolute atomic E-state index is 0.0642. The number of amides is 2. The third kappa shape index (κ3) is 5.71. The Kier molecular flexibility index (Phi) is 7.60. The quantitative estimate of drug-likeness (QED) is 0.696. The Morgan fingerprint density at radius 1 is 1.03 bits per heavy atom. The van der Waals surface area contributed by atoms with Crippen LogP contribution in [0.5, 0.6) is 0 Å². The van der Waals surface area contributed by atoms with Crippen LogP contribution in [-0.4, -0.2) is 60.9 Å². The van der Waals surface area contributed by atoms with Gasteiger partial charge in [-0.1, -0.05) is 12.1 Å². The minimum atomic E-state index is -0.385. The highest BCUT2D eigenvalue weighted by Gasteiger charge is 2.25. The Labute approximate surface area is 188 Å². The molecule has 0 atom stereocenters. The summed E-state index contributed by atoms with van der Waals surface area (Å²) in [7, 11) is 0. The maximum atomic E-state index is 13.8. The summed E-state index contributed by atoms with van der Waals surface area (Å²) in [5.41, 5.74) is 3.78. The van der Waals surface area contributed by atoms with Crippen LogP contribution in [-0.2, 0) is 4.79 Å².